The lowest BCUT2D eigenvalue weighted by Gasteiger charge is -2.41. The van der Waals surface area contributed by atoms with Crippen LogP contribution in [0.1, 0.15) is 61.7 Å². The number of amides is 2. The summed E-state index contributed by atoms with van der Waals surface area (Å²) in [6, 6.07) is 21.8. The van der Waals surface area contributed by atoms with Crippen LogP contribution in [0.4, 0.5) is 5.69 Å². The molecule has 1 fully saturated rings. The fraction of sp³-hybridized carbons (Fsp3) is 0.267. The Kier molecular flexibility index (Phi) is 7.52. The first kappa shape index (κ1) is 26.8. The second kappa shape index (κ2) is 11.2. The predicted molar refractivity (Wildman–Crippen MR) is 152 cm³/mol. The lowest BCUT2D eigenvalue weighted by molar-refractivity contribution is -0.268. The molecule has 0 radical (unpaired) electrons. The number of hydrogen-bond donors (Lipinski definition) is 1. The number of aliphatic hydroxyl groups is 1. The van der Waals surface area contributed by atoms with Crippen molar-refractivity contribution in [2.75, 3.05) is 10.7 Å². The van der Waals surface area contributed by atoms with E-state index in [1.54, 1.807) is 65.6 Å². The second-order valence-electron chi connectivity index (χ2n) is 9.81. The third-order valence-corrected chi connectivity index (χ3v) is 9.26. The Labute approximate surface area is 240 Å². The molecule has 8 nitrogen and oxygen atoms in total. The first-order valence-corrected chi connectivity index (χ1v) is 14.7. The van der Waals surface area contributed by atoms with Crippen LogP contribution in [0.15, 0.2) is 77.1 Å². The Morgan fingerprint density at radius 2 is 1.65 bits per heavy atom. The lowest BCUT2D eigenvalue weighted by atomic mass is 9.91. The van der Waals surface area contributed by atoms with E-state index in [0.29, 0.717) is 28.1 Å². The lowest BCUT2D eigenvalue weighted by Crippen LogP contribution is -2.38. The number of rotatable bonds is 7. The highest BCUT2D eigenvalue weighted by atomic mass is 32.2. The maximum absolute atomic E-state index is 13.1. The van der Waals surface area contributed by atoms with Gasteiger partial charge in [-0.15, -0.1) is 10.2 Å². The number of aryl methyl sites for hydroxylation is 1. The number of thioether (sulfide) groups is 1. The van der Waals surface area contributed by atoms with Crippen LogP contribution in [-0.2, 0) is 16.1 Å². The van der Waals surface area contributed by atoms with Gasteiger partial charge in [0.1, 0.15) is 5.01 Å². The Balaban J connectivity index is 1.30. The van der Waals surface area contributed by atoms with E-state index in [9.17, 15) is 14.7 Å². The summed E-state index contributed by atoms with van der Waals surface area (Å²) in [6.45, 7) is 4.00. The zero-order valence-electron chi connectivity index (χ0n) is 21.9. The van der Waals surface area contributed by atoms with Gasteiger partial charge in [0, 0.05) is 17.2 Å². The fourth-order valence-corrected chi connectivity index (χ4v) is 7.04. The molecule has 40 heavy (non-hydrogen) atoms. The Bertz CT molecular complexity index is 1520. The largest absolute Gasteiger partial charge is 0.392 e. The predicted octanol–water partition coefficient (Wildman–Crippen LogP) is 5.72. The molecule has 0 spiro atoms. The quantitative estimate of drug-likeness (QED) is 0.221. The van der Waals surface area contributed by atoms with E-state index in [-0.39, 0.29) is 36.5 Å². The first-order chi connectivity index (χ1) is 19.4. The van der Waals surface area contributed by atoms with Crippen molar-refractivity contribution in [3.63, 3.8) is 0 Å². The van der Waals surface area contributed by atoms with Crippen LogP contribution < -0.4 is 4.90 Å². The van der Waals surface area contributed by atoms with Crippen molar-refractivity contribution in [2.45, 2.75) is 43.3 Å². The third-order valence-electron chi connectivity index (χ3n) is 7.20. The van der Waals surface area contributed by atoms with Gasteiger partial charge < -0.3 is 14.6 Å². The molecule has 1 aromatic heterocycles. The molecule has 10 heteroatoms. The van der Waals surface area contributed by atoms with Crippen LogP contribution in [0.2, 0.25) is 0 Å². The Morgan fingerprint density at radius 3 is 2.30 bits per heavy atom. The van der Waals surface area contributed by atoms with Gasteiger partial charge in [-0.25, -0.2) is 4.90 Å². The highest BCUT2D eigenvalue weighted by molar-refractivity contribution is 8.01. The molecule has 2 aliphatic rings. The summed E-state index contributed by atoms with van der Waals surface area (Å²) >= 11 is 3.15. The number of carbonyl (C=O) groups excluding carboxylic acids is 2. The minimum Gasteiger partial charge on any atom is -0.392 e. The molecule has 6 rings (SSSR count). The van der Waals surface area contributed by atoms with E-state index in [2.05, 4.69) is 17.1 Å². The van der Waals surface area contributed by atoms with Gasteiger partial charge in [0.25, 0.3) is 11.8 Å². The van der Waals surface area contributed by atoms with E-state index < -0.39 is 6.29 Å². The van der Waals surface area contributed by atoms with Gasteiger partial charge >= 0.3 is 0 Å². The molecule has 0 unspecified atom stereocenters. The normalized spacial score (nSPS) is 22.5. The van der Waals surface area contributed by atoms with Crippen LogP contribution in [-0.4, -0.2) is 39.0 Å². The molecule has 4 atom stereocenters. The van der Waals surface area contributed by atoms with Crippen molar-refractivity contribution in [2.24, 2.45) is 5.92 Å². The summed E-state index contributed by atoms with van der Waals surface area (Å²) in [5.74, 6) is -0.0308. The van der Waals surface area contributed by atoms with Gasteiger partial charge in [-0.05, 0) is 42.3 Å². The minimum absolute atomic E-state index is 0.0113. The topological polar surface area (TPSA) is 102 Å². The van der Waals surface area contributed by atoms with Crippen LogP contribution in [0.25, 0.3) is 0 Å². The third kappa shape index (κ3) is 5.09. The van der Waals surface area contributed by atoms with Crippen molar-refractivity contribution < 1.29 is 24.2 Å². The van der Waals surface area contributed by atoms with E-state index in [0.717, 1.165) is 20.5 Å². The van der Waals surface area contributed by atoms with Crippen LogP contribution in [0.3, 0.4) is 0 Å². The maximum Gasteiger partial charge on any atom is 0.266 e. The summed E-state index contributed by atoms with van der Waals surface area (Å²) in [5.41, 5.74) is 3.77. The van der Waals surface area contributed by atoms with Crippen LogP contribution in [0, 0.1) is 12.8 Å². The van der Waals surface area contributed by atoms with Gasteiger partial charge in [0.05, 0.1) is 35.6 Å². The van der Waals surface area contributed by atoms with Gasteiger partial charge in [-0.3, -0.25) is 9.59 Å². The number of carbonyl (C=O) groups is 2. The number of nitrogens with zero attached hydrogens (tertiary/aromatic N) is 3. The average molecular weight is 574 g/mol. The van der Waals surface area contributed by atoms with Gasteiger partial charge in [-0.1, -0.05) is 78.6 Å². The molecule has 4 aromatic rings. The fourth-order valence-electron chi connectivity index (χ4n) is 5.03. The molecule has 2 aliphatic heterocycles. The standard InChI is InChI=1S/C30H27N3O5S2/c1-17-25(16-39-30-32-31-18(2)40-30)37-29(38-26(17)20-12-10-19(15-34)11-13-20)21-6-5-7-22(14-21)33-27(35)23-8-3-4-9-24(23)28(33)36/h3-14,17,25-26,29,34H,15-16H2,1-2H3/t17-,25+,26+,29+/m1/s1. The Hall–Kier alpha value is -3.41. The molecule has 1 N–H and O–H groups in total. The number of benzene rings is 3. The second-order valence-corrected chi connectivity index (χ2v) is 12.3. The highest BCUT2D eigenvalue weighted by Crippen LogP contribution is 2.44. The van der Waals surface area contributed by atoms with Crippen molar-refractivity contribution in [1.29, 1.82) is 0 Å². The smallest absolute Gasteiger partial charge is 0.266 e. The number of fused-ring (bicyclic) bond motifs is 1. The molecular formula is C30H27N3O5S2. The SMILES string of the molecule is Cc1nnc(SC[C@@H]2O[C@H](c3cccc(N4C(=O)c5ccccc5C4=O)c3)O[C@H](c3ccc(CO)cc3)[C@@H]2C)s1. The van der Waals surface area contributed by atoms with Crippen molar-refractivity contribution in [1.82, 2.24) is 10.2 Å². The van der Waals surface area contributed by atoms with Gasteiger partial charge in [0.15, 0.2) is 10.6 Å². The minimum atomic E-state index is -0.726. The number of ether oxygens (including phenoxy) is 2. The number of imide groups is 1. The molecule has 0 aliphatic carbocycles. The van der Waals surface area contributed by atoms with E-state index in [1.165, 1.54) is 4.90 Å². The average Bonchev–Trinajstić information content (AvgIpc) is 3.52. The number of aliphatic hydroxyl groups excluding tert-OH is 1. The zero-order chi connectivity index (χ0) is 27.8. The molecule has 2 amide bonds. The summed E-state index contributed by atoms with van der Waals surface area (Å²) in [6.07, 6.45) is -1.19. The molecule has 0 bridgehead atoms. The molecule has 0 saturated carbocycles. The Morgan fingerprint density at radius 1 is 0.925 bits per heavy atom. The van der Waals surface area contributed by atoms with Crippen molar-refractivity contribution in [3.8, 4) is 0 Å². The highest BCUT2D eigenvalue weighted by Gasteiger charge is 2.40. The van der Waals surface area contributed by atoms with Gasteiger partial charge in [-0.2, -0.15) is 0 Å². The molecule has 3 heterocycles. The first-order valence-electron chi connectivity index (χ1n) is 12.9. The number of anilines is 1. The van der Waals surface area contributed by atoms with E-state index in [1.807, 2.05) is 37.3 Å². The van der Waals surface area contributed by atoms with Crippen molar-refractivity contribution >= 4 is 40.6 Å². The number of hydrogen-bond acceptors (Lipinski definition) is 9. The van der Waals surface area contributed by atoms with E-state index >= 15 is 0 Å². The summed E-state index contributed by atoms with van der Waals surface area (Å²) in [7, 11) is 0. The number of aromatic nitrogens is 2. The molecule has 204 valence electrons. The summed E-state index contributed by atoms with van der Waals surface area (Å²) in [4.78, 5) is 27.4. The molecule has 1 saturated heterocycles. The van der Waals surface area contributed by atoms with Crippen molar-refractivity contribution in [3.05, 3.63) is 106 Å². The van der Waals surface area contributed by atoms with Gasteiger partial charge in [0.2, 0.25) is 0 Å². The molecule has 3 aromatic carbocycles. The zero-order valence-corrected chi connectivity index (χ0v) is 23.5. The maximum atomic E-state index is 13.1. The molecular weight excluding hydrogens is 546 g/mol. The summed E-state index contributed by atoms with van der Waals surface area (Å²) in [5, 5.41) is 18.8. The van der Waals surface area contributed by atoms with E-state index in [4.69, 9.17) is 9.47 Å². The van der Waals surface area contributed by atoms with Crippen LogP contribution in [0.5, 0.6) is 0 Å². The van der Waals surface area contributed by atoms with Crippen LogP contribution >= 0.6 is 23.1 Å². The summed E-state index contributed by atoms with van der Waals surface area (Å²) < 4.78 is 14.0. The monoisotopic (exact) mass is 573 g/mol.